The summed E-state index contributed by atoms with van der Waals surface area (Å²) in [5, 5.41) is 2.58. The molecule has 2 rings (SSSR count). The number of fused-ring (bicyclic) bond motifs is 1. The number of nitrogens with one attached hydrogen (secondary N) is 1. The molecule has 0 fully saturated rings. The summed E-state index contributed by atoms with van der Waals surface area (Å²) in [5.41, 5.74) is 0. The fourth-order valence-corrected chi connectivity index (χ4v) is 0.912. The molecule has 2 heterocycles. The van der Waals surface area contributed by atoms with Gasteiger partial charge in [-0.25, -0.2) is 4.98 Å². The van der Waals surface area contributed by atoms with Crippen molar-refractivity contribution in [3.63, 3.8) is 0 Å². The summed E-state index contributed by atoms with van der Waals surface area (Å²) in [7, 11) is 0. The van der Waals surface area contributed by atoms with Crippen LogP contribution in [0.2, 0.25) is 0 Å². The third kappa shape index (κ3) is 1.48. The Bertz CT molecular complexity index is 303. The van der Waals surface area contributed by atoms with E-state index in [-0.39, 0.29) is 24.9 Å². The molecule has 5 heteroatoms. The molecule has 1 amide bonds. The van der Waals surface area contributed by atoms with Crippen molar-refractivity contribution in [2.24, 2.45) is 0 Å². The molecule has 64 valence electrons. The molecular formula is C7H7ClN2O2. The lowest BCUT2D eigenvalue weighted by Gasteiger charge is -2.15. The van der Waals surface area contributed by atoms with Crippen molar-refractivity contribution in [3.8, 4) is 5.75 Å². The van der Waals surface area contributed by atoms with Crippen LogP contribution < -0.4 is 10.1 Å². The second-order valence-electron chi connectivity index (χ2n) is 2.19. The number of carbonyl (C=O) groups is 1. The molecule has 0 spiro atoms. The van der Waals surface area contributed by atoms with E-state index in [0.717, 1.165) is 0 Å². The van der Waals surface area contributed by atoms with Crippen LogP contribution >= 0.6 is 12.4 Å². The lowest BCUT2D eigenvalue weighted by atomic mass is 10.4. The number of pyridine rings is 1. The van der Waals surface area contributed by atoms with Crippen LogP contribution in [0.5, 0.6) is 5.75 Å². The van der Waals surface area contributed by atoms with Crippen LogP contribution in [-0.2, 0) is 4.79 Å². The van der Waals surface area contributed by atoms with Gasteiger partial charge in [0.15, 0.2) is 18.2 Å². The van der Waals surface area contributed by atoms with Crippen molar-refractivity contribution in [2.45, 2.75) is 0 Å². The van der Waals surface area contributed by atoms with Crippen molar-refractivity contribution in [3.05, 3.63) is 18.3 Å². The van der Waals surface area contributed by atoms with E-state index in [9.17, 15) is 4.79 Å². The third-order valence-corrected chi connectivity index (χ3v) is 1.39. The summed E-state index contributed by atoms with van der Waals surface area (Å²) < 4.78 is 5.06. The van der Waals surface area contributed by atoms with Crippen LogP contribution in [-0.4, -0.2) is 17.5 Å². The number of carbonyl (C=O) groups excluding carboxylic acids is 1. The Balaban J connectivity index is 0.000000720. The van der Waals surface area contributed by atoms with E-state index in [1.165, 1.54) is 0 Å². The molecule has 1 aliphatic rings. The molecule has 0 saturated heterocycles. The number of halogens is 1. The first-order valence-electron chi connectivity index (χ1n) is 3.24. The summed E-state index contributed by atoms with van der Waals surface area (Å²) in [6.45, 7) is 0.0820. The van der Waals surface area contributed by atoms with Crippen LogP contribution in [0.1, 0.15) is 0 Å². The van der Waals surface area contributed by atoms with Gasteiger partial charge in [0.25, 0.3) is 5.91 Å². The minimum Gasteiger partial charge on any atom is -0.480 e. The van der Waals surface area contributed by atoms with Crippen LogP contribution in [0, 0.1) is 0 Å². The molecule has 0 radical (unpaired) electrons. The van der Waals surface area contributed by atoms with Gasteiger partial charge in [0.05, 0.1) is 0 Å². The average molecular weight is 187 g/mol. The molecule has 1 aliphatic heterocycles. The van der Waals surface area contributed by atoms with Gasteiger partial charge >= 0.3 is 0 Å². The number of anilines is 1. The number of amides is 1. The zero-order valence-electron chi connectivity index (χ0n) is 6.11. The van der Waals surface area contributed by atoms with Crippen molar-refractivity contribution < 1.29 is 9.53 Å². The van der Waals surface area contributed by atoms with Crippen LogP contribution in [0.4, 0.5) is 5.82 Å². The van der Waals surface area contributed by atoms with E-state index in [0.29, 0.717) is 11.6 Å². The summed E-state index contributed by atoms with van der Waals surface area (Å²) in [6, 6.07) is 3.53. The molecule has 1 aromatic heterocycles. The van der Waals surface area contributed by atoms with E-state index in [1.807, 2.05) is 0 Å². The second-order valence-corrected chi connectivity index (χ2v) is 2.19. The Morgan fingerprint density at radius 2 is 2.42 bits per heavy atom. The first-order valence-corrected chi connectivity index (χ1v) is 3.24. The number of hydrogen-bond acceptors (Lipinski definition) is 3. The molecule has 0 bridgehead atoms. The topological polar surface area (TPSA) is 51.2 Å². The summed E-state index contributed by atoms with van der Waals surface area (Å²) in [4.78, 5) is 14.7. The number of rotatable bonds is 0. The van der Waals surface area contributed by atoms with E-state index >= 15 is 0 Å². The van der Waals surface area contributed by atoms with Crippen molar-refractivity contribution in [1.29, 1.82) is 0 Å². The zero-order valence-corrected chi connectivity index (χ0v) is 6.93. The SMILES string of the molecule is Cl.O=C1COc2cccnc2N1. The standard InChI is InChI=1S/C7H6N2O2.ClH/c10-6-4-11-5-2-1-3-8-7(5)9-6;/h1-3H,4H2,(H,8,9,10);1H. The largest absolute Gasteiger partial charge is 0.480 e. The zero-order chi connectivity index (χ0) is 7.68. The Kier molecular flexibility index (Phi) is 2.50. The number of hydrogen-bond donors (Lipinski definition) is 1. The van der Waals surface area contributed by atoms with Gasteiger partial charge in [0, 0.05) is 6.20 Å². The molecule has 1 N–H and O–H groups in total. The molecular weight excluding hydrogens is 180 g/mol. The van der Waals surface area contributed by atoms with Gasteiger partial charge in [-0.2, -0.15) is 0 Å². The maximum atomic E-state index is 10.7. The van der Waals surface area contributed by atoms with Gasteiger partial charge in [-0.3, -0.25) is 4.79 Å². The molecule has 4 nitrogen and oxygen atoms in total. The lowest BCUT2D eigenvalue weighted by Crippen LogP contribution is -2.25. The minimum absolute atomic E-state index is 0. The Hall–Kier alpha value is -1.29. The van der Waals surface area contributed by atoms with E-state index in [1.54, 1.807) is 18.3 Å². The maximum absolute atomic E-state index is 10.7. The van der Waals surface area contributed by atoms with Gasteiger partial charge in [-0.15, -0.1) is 12.4 Å². The number of ether oxygens (including phenoxy) is 1. The number of nitrogens with zero attached hydrogens (tertiary/aromatic N) is 1. The molecule has 0 unspecified atom stereocenters. The van der Waals surface area contributed by atoms with Gasteiger partial charge in [0.2, 0.25) is 0 Å². The van der Waals surface area contributed by atoms with Crippen LogP contribution in [0.25, 0.3) is 0 Å². The van der Waals surface area contributed by atoms with E-state index in [2.05, 4.69) is 10.3 Å². The van der Waals surface area contributed by atoms with Crippen molar-refractivity contribution in [1.82, 2.24) is 4.98 Å². The summed E-state index contributed by atoms with van der Waals surface area (Å²) in [5.74, 6) is 0.979. The predicted octanol–water partition coefficient (Wildman–Crippen LogP) is 0.834. The minimum atomic E-state index is -0.156. The van der Waals surface area contributed by atoms with Gasteiger partial charge < -0.3 is 10.1 Å². The first kappa shape index (κ1) is 8.80. The molecule has 12 heavy (non-hydrogen) atoms. The van der Waals surface area contributed by atoms with Crippen molar-refractivity contribution >= 4 is 24.1 Å². The molecule has 0 atom stereocenters. The fraction of sp³-hybridized carbons (Fsp3) is 0.143. The molecule has 0 aliphatic carbocycles. The second kappa shape index (κ2) is 3.40. The number of aromatic nitrogens is 1. The highest BCUT2D eigenvalue weighted by molar-refractivity contribution is 5.94. The van der Waals surface area contributed by atoms with Gasteiger partial charge in [-0.1, -0.05) is 0 Å². The average Bonchev–Trinajstić information content (AvgIpc) is 2.04. The Morgan fingerprint density at radius 1 is 1.58 bits per heavy atom. The highest BCUT2D eigenvalue weighted by Gasteiger charge is 2.15. The molecule has 0 aromatic carbocycles. The lowest BCUT2D eigenvalue weighted by molar-refractivity contribution is -0.118. The first-order chi connectivity index (χ1) is 5.36. The smallest absolute Gasteiger partial charge is 0.263 e. The van der Waals surface area contributed by atoms with Gasteiger partial charge in [0.1, 0.15) is 0 Å². The maximum Gasteiger partial charge on any atom is 0.263 e. The molecule has 0 saturated carbocycles. The quantitative estimate of drug-likeness (QED) is 0.653. The predicted molar refractivity (Wildman–Crippen MR) is 45.6 cm³/mol. The van der Waals surface area contributed by atoms with Crippen molar-refractivity contribution in [2.75, 3.05) is 11.9 Å². The molecule has 1 aromatic rings. The Labute approximate surface area is 75.4 Å². The highest BCUT2D eigenvalue weighted by Crippen LogP contribution is 2.23. The van der Waals surface area contributed by atoms with Crippen LogP contribution in [0.3, 0.4) is 0 Å². The van der Waals surface area contributed by atoms with E-state index in [4.69, 9.17) is 4.74 Å². The summed E-state index contributed by atoms with van der Waals surface area (Å²) >= 11 is 0. The summed E-state index contributed by atoms with van der Waals surface area (Å²) in [6.07, 6.45) is 1.60. The highest BCUT2D eigenvalue weighted by atomic mass is 35.5. The third-order valence-electron chi connectivity index (χ3n) is 1.39. The van der Waals surface area contributed by atoms with Crippen LogP contribution in [0.15, 0.2) is 18.3 Å². The normalized spacial score (nSPS) is 13.5. The fourth-order valence-electron chi connectivity index (χ4n) is 0.912. The Morgan fingerprint density at radius 3 is 3.25 bits per heavy atom. The van der Waals surface area contributed by atoms with E-state index < -0.39 is 0 Å². The van der Waals surface area contributed by atoms with Gasteiger partial charge in [-0.05, 0) is 12.1 Å². The monoisotopic (exact) mass is 186 g/mol.